The fraction of sp³-hybridized carbons (Fsp3) is 0.375. The van der Waals surface area contributed by atoms with E-state index in [0.29, 0.717) is 0 Å². The number of aromatic nitrogens is 5. The molecule has 0 atom stereocenters. The number of hydrogen-bond donors (Lipinski definition) is 0. The van der Waals surface area contributed by atoms with Crippen LogP contribution >= 0.6 is 0 Å². The lowest BCUT2D eigenvalue weighted by Gasteiger charge is -2.37. The van der Waals surface area contributed by atoms with Crippen molar-refractivity contribution in [3.05, 3.63) is 42.0 Å². The topological polar surface area (TPSA) is 62.5 Å². The summed E-state index contributed by atoms with van der Waals surface area (Å²) in [5.41, 5.74) is 4.11. The van der Waals surface area contributed by atoms with Gasteiger partial charge in [-0.2, -0.15) is 9.61 Å². The third kappa shape index (κ3) is 2.48. The molecule has 0 spiro atoms. The van der Waals surface area contributed by atoms with Crippen LogP contribution in [-0.4, -0.2) is 51.0 Å². The summed E-state index contributed by atoms with van der Waals surface area (Å²) < 4.78 is 1.75. The minimum absolute atomic E-state index is 0.818. The molecule has 0 saturated carbocycles. The second-order valence-electron chi connectivity index (χ2n) is 5.89. The molecule has 7 nitrogen and oxygen atoms in total. The summed E-state index contributed by atoms with van der Waals surface area (Å²) in [6.45, 7) is 7.86. The molecule has 3 aromatic rings. The quantitative estimate of drug-likeness (QED) is 0.714. The first-order valence-corrected chi connectivity index (χ1v) is 7.81. The first-order valence-electron chi connectivity index (χ1n) is 7.81. The predicted octanol–water partition coefficient (Wildman–Crippen LogP) is 1.46. The average molecular weight is 309 g/mol. The summed E-state index contributed by atoms with van der Waals surface area (Å²) >= 11 is 0. The second kappa shape index (κ2) is 5.49. The first-order chi connectivity index (χ1) is 11.2. The van der Waals surface area contributed by atoms with Gasteiger partial charge in [-0.25, -0.2) is 4.98 Å². The van der Waals surface area contributed by atoms with Crippen molar-refractivity contribution >= 4 is 17.2 Å². The van der Waals surface area contributed by atoms with Crippen molar-refractivity contribution < 1.29 is 0 Å². The van der Waals surface area contributed by atoms with Crippen LogP contribution in [0, 0.1) is 13.8 Å². The molecular formula is C16H19N7. The van der Waals surface area contributed by atoms with Crippen molar-refractivity contribution in [2.24, 2.45) is 0 Å². The van der Waals surface area contributed by atoms with Gasteiger partial charge in [0, 0.05) is 32.4 Å². The third-order valence-corrected chi connectivity index (χ3v) is 4.27. The number of piperazine rings is 1. The SMILES string of the molecule is Cc1cc(N2CCN(c3ncccc3C)CC2)c2nncn2n1. The van der Waals surface area contributed by atoms with Crippen molar-refractivity contribution in [3.63, 3.8) is 0 Å². The van der Waals surface area contributed by atoms with E-state index >= 15 is 0 Å². The van der Waals surface area contributed by atoms with Crippen LogP contribution in [0.4, 0.5) is 11.5 Å². The van der Waals surface area contributed by atoms with Crippen molar-refractivity contribution in [2.45, 2.75) is 13.8 Å². The maximum absolute atomic E-state index is 4.53. The molecule has 0 aromatic carbocycles. The molecule has 4 rings (SSSR count). The van der Waals surface area contributed by atoms with Crippen LogP contribution in [0.25, 0.3) is 5.65 Å². The Balaban J connectivity index is 1.57. The summed E-state index contributed by atoms with van der Waals surface area (Å²) in [7, 11) is 0. The molecular weight excluding hydrogens is 290 g/mol. The zero-order valence-corrected chi connectivity index (χ0v) is 13.3. The van der Waals surface area contributed by atoms with Crippen LogP contribution in [0.5, 0.6) is 0 Å². The Bertz CT molecular complexity index is 833. The molecule has 1 aliphatic heterocycles. The van der Waals surface area contributed by atoms with E-state index in [1.54, 1.807) is 10.8 Å². The van der Waals surface area contributed by atoms with Gasteiger partial charge in [0.05, 0.1) is 11.4 Å². The van der Waals surface area contributed by atoms with Crippen LogP contribution < -0.4 is 9.80 Å². The molecule has 0 amide bonds. The van der Waals surface area contributed by atoms with E-state index in [2.05, 4.69) is 49.1 Å². The van der Waals surface area contributed by atoms with E-state index in [4.69, 9.17) is 0 Å². The van der Waals surface area contributed by atoms with Crippen molar-refractivity contribution in [2.75, 3.05) is 36.0 Å². The van der Waals surface area contributed by atoms with E-state index in [-0.39, 0.29) is 0 Å². The van der Waals surface area contributed by atoms with Gasteiger partial charge in [0.25, 0.3) is 0 Å². The van der Waals surface area contributed by atoms with Gasteiger partial charge >= 0.3 is 0 Å². The predicted molar refractivity (Wildman–Crippen MR) is 88.9 cm³/mol. The molecule has 0 unspecified atom stereocenters. The van der Waals surface area contributed by atoms with Crippen LogP contribution in [0.3, 0.4) is 0 Å². The zero-order valence-electron chi connectivity index (χ0n) is 13.3. The summed E-state index contributed by atoms with van der Waals surface area (Å²) in [5, 5.41) is 12.6. The zero-order chi connectivity index (χ0) is 15.8. The fourth-order valence-corrected chi connectivity index (χ4v) is 3.13. The molecule has 0 N–H and O–H groups in total. The van der Waals surface area contributed by atoms with E-state index in [9.17, 15) is 0 Å². The molecule has 1 fully saturated rings. The van der Waals surface area contributed by atoms with Gasteiger partial charge in [-0.15, -0.1) is 10.2 Å². The average Bonchev–Trinajstić information content (AvgIpc) is 3.03. The Morgan fingerprint density at radius 2 is 1.83 bits per heavy atom. The molecule has 3 aromatic heterocycles. The lowest BCUT2D eigenvalue weighted by molar-refractivity contribution is 0.645. The molecule has 1 aliphatic rings. The van der Waals surface area contributed by atoms with E-state index in [1.165, 1.54) is 5.56 Å². The molecule has 0 radical (unpaired) electrons. The molecule has 7 heteroatoms. The number of hydrogen-bond acceptors (Lipinski definition) is 6. The van der Waals surface area contributed by atoms with E-state index in [1.807, 2.05) is 19.2 Å². The van der Waals surface area contributed by atoms with E-state index < -0.39 is 0 Å². The Labute approximate surface area is 134 Å². The maximum Gasteiger partial charge on any atom is 0.200 e. The lowest BCUT2D eigenvalue weighted by Crippen LogP contribution is -2.47. The maximum atomic E-state index is 4.53. The van der Waals surface area contributed by atoms with E-state index in [0.717, 1.165) is 49.0 Å². The third-order valence-electron chi connectivity index (χ3n) is 4.27. The van der Waals surface area contributed by atoms with Gasteiger partial charge in [-0.1, -0.05) is 6.07 Å². The largest absolute Gasteiger partial charge is 0.365 e. The minimum atomic E-state index is 0.818. The highest BCUT2D eigenvalue weighted by atomic mass is 15.4. The molecule has 118 valence electrons. The summed E-state index contributed by atoms with van der Waals surface area (Å²) in [5.74, 6) is 1.09. The second-order valence-corrected chi connectivity index (χ2v) is 5.89. The van der Waals surface area contributed by atoms with Gasteiger partial charge in [-0.3, -0.25) is 0 Å². The van der Waals surface area contributed by atoms with Crippen LogP contribution in [-0.2, 0) is 0 Å². The smallest absolute Gasteiger partial charge is 0.200 e. The molecule has 0 bridgehead atoms. The highest BCUT2D eigenvalue weighted by Gasteiger charge is 2.22. The number of fused-ring (bicyclic) bond motifs is 1. The number of pyridine rings is 1. The summed E-state index contributed by atoms with van der Waals surface area (Å²) in [4.78, 5) is 9.23. The summed E-state index contributed by atoms with van der Waals surface area (Å²) in [6.07, 6.45) is 3.51. The molecule has 4 heterocycles. The Hall–Kier alpha value is -2.70. The lowest BCUT2D eigenvalue weighted by atomic mass is 10.2. The van der Waals surface area contributed by atoms with Crippen LogP contribution in [0.1, 0.15) is 11.3 Å². The van der Waals surface area contributed by atoms with Crippen LogP contribution in [0.2, 0.25) is 0 Å². The number of aryl methyl sites for hydroxylation is 2. The summed E-state index contributed by atoms with van der Waals surface area (Å²) in [6, 6.07) is 6.18. The van der Waals surface area contributed by atoms with Gasteiger partial charge in [0.15, 0.2) is 0 Å². The van der Waals surface area contributed by atoms with Gasteiger partial charge in [-0.05, 0) is 31.5 Å². The Kier molecular flexibility index (Phi) is 3.33. The molecule has 1 saturated heterocycles. The Morgan fingerprint density at radius 3 is 2.61 bits per heavy atom. The van der Waals surface area contributed by atoms with Gasteiger partial charge < -0.3 is 9.80 Å². The van der Waals surface area contributed by atoms with Crippen molar-refractivity contribution in [1.82, 2.24) is 24.8 Å². The van der Waals surface area contributed by atoms with Gasteiger partial charge in [0.1, 0.15) is 12.1 Å². The fourth-order valence-electron chi connectivity index (χ4n) is 3.13. The molecule has 23 heavy (non-hydrogen) atoms. The highest BCUT2D eigenvalue weighted by molar-refractivity contribution is 5.68. The van der Waals surface area contributed by atoms with Gasteiger partial charge in [0.2, 0.25) is 5.65 Å². The number of anilines is 2. The minimum Gasteiger partial charge on any atom is -0.365 e. The monoisotopic (exact) mass is 309 g/mol. The highest BCUT2D eigenvalue weighted by Crippen LogP contribution is 2.24. The van der Waals surface area contributed by atoms with Crippen molar-refractivity contribution in [1.29, 1.82) is 0 Å². The standard InChI is InChI=1S/C16H19N7/c1-12-4-3-5-17-15(12)22-8-6-21(7-9-22)14-10-13(2)20-23-11-18-19-16(14)23/h3-5,10-11H,6-9H2,1-2H3. The first kappa shape index (κ1) is 13.9. The normalized spacial score (nSPS) is 15.4. The number of nitrogens with zero attached hydrogens (tertiary/aromatic N) is 7. The van der Waals surface area contributed by atoms with Crippen molar-refractivity contribution in [3.8, 4) is 0 Å². The number of rotatable bonds is 2. The Morgan fingerprint density at radius 1 is 1.04 bits per heavy atom. The molecule has 0 aliphatic carbocycles. The van der Waals surface area contributed by atoms with Crippen LogP contribution in [0.15, 0.2) is 30.7 Å².